The van der Waals surface area contributed by atoms with Crippen LogP contribution in [0.3, 0.4) is 0 Å². The van der Waals surface area contributed by atoms with E-state index in [2.05, 4.69) is 5.16 Å². The molecule has 0 unspecified atom stereocenters. The zero-order chi connectivity index (χ0) is 25.7. The quantitative estimate of drug-likeness (QED) is 0.375. The molecule has 1 atom stereocenters. The van der Waals surface area contributed by atoms with Crippen LogP contribution >= 0.6 is 0 Å². The average Bonchev–Trinajstić information content (AvgIpc) is 3.60. The van der Waals surface area contributed by atoms with Crippen LogP contribution in [0.1, 0.15) is 18.5 Å². The van der Waals surface area contributed by atoms with Crippen LogP contribution in [0, 0.1) is 0 Å². The Bertz CT molecular complexity index is 1240. The minimum atomic E-state index is -3.84. The summed E-state index contributed by atoms with van der Waals surface area (Å²) < 4.78 is 61.2. The SMILES string of the molecule is COc1ccc(S(=O)(=O)N(Cc2cc(-c3cc(OC)c(OC)c(OC)c3)on2)C[C@@H]2CCCO2)cc1. The predicted octanol–water partition coefficient (Wildman–Crippen LogP) is 3.75. The second-order valence-corrected chi connectivity index (χ2v) is 10.1. The van der Waals surface area contributed by atoms with Crippen molar-refractivity contribution in [2.24, 2.45) is 0 Å². The smallest absolute Gasteiger partial charge is 0.243 e. The van der Waals surface area contributed by atoms with Gasteiger partial charge in [0.25, 0.3) is 0 Å². The zero-order valence-electron chi connectivity index (χ0n) is 20.7. The van der Waals surface area contributed by atoms with Crippen LogP contribution in [-0.4, -0.2) is 65.6 Å². The van der Waals surface area contributed by atoms with Gasteiger partial charge in [0, 0.05) is 24.8 Å². The Balaban J connectivity index is 1.63. The first-order valence-electron chi connectivity index (χ1n) is 11.4. The fourth-order valence-corrected chi connectivity index (χ4v) is 5.53. The van der Waals surface area contributed by atoms with Crippen molar-refractivity contribution >= 4 is 10.0 Å². The first-order valence-corrected chi connectivity index (χ1v) is 12.9. The maximum Gasteiger partial charge on any atom is 0.243 e. The molecule has 4 rings (SSSR count). The number of rotatable bonds is 11. The molecule has 1 aromatic heterocycles. The van der Waals surface area contributed by atoms with Gasteiger partial charge in [0.15, 0.2) is 17.3 Å². The van der Waals surface area contributed by atoms with Crippen LogP contribution < -0.4 is 18.9 Å². The molecule has 0 amide bonds. The highest BCUT2D eigenvalue weighted by Gasteiger charge is 2.30. The van der Waals surface area contributed by atoms with Crippen molar-refractivity contribution < 1.29 is 36.6 Å². The van der Waals surface area contributed by atoms with Gasteiger partial charge in [0.05, 0.1) is 51.7 Å². The highest BCUT2D eigenvalue weighted by Crippen LogP contribution is 2.41. The number of hydrogen-bond acceptors (Lipinski definition) is 9. The van der Waals surface area contributed by atoms with E-state index in [0.29, 0.717) is 46.6 Å². The Labute approximate surface area is 210 Å². The summed E-state index contributed by atoms with van der Waals surface area (Å²) in [4.78, 5) is 0.162. The minimum absolute atomic E-state index is 0.0160. The van der Waals surface area contributed by atoms with Gasteiger partial charge in [-0.05, 0) is 49.2 Å². The maximum absolute atomic E-state index is 13.6. The number of methoxy groups -OCH3 is 4. The molecule has 0 N–H and O–H groups in total. The second-order valence-electron chi connectivity index (χ2n) is 8.20. The van der Waals surface area contributed by atoms with Gasteiger partial charge in [0.2, 0.25) is 15.8 Å². The lowest BCUT2D eigenvalue weighted by atomic mass is 10.1. The molecule has 36 heavy (non-hydrogen) atoms. The summed E-state index contributed by atoms with van der Waals surface area (Å²) in [6.45, 7) is 0.846. The summed E-state index contributed by atoms with van der Waals surface area (Å²) in [6.07, 6.45) is 1.51. The third-order valence-corrected chi connectivity index (χ3v) is 7.80. The summed E-state index contributed by atoms with van der Waals surface area (Å²) in [5.41, 5.74) is 1.10. The maximum atomic E-state index is 13.6. The van der Waals surface area contributed by atoms with Crippen molar-refractivity contribution in [1.29, 1.82) is 0 Å². The second kappa shape index (κ2) is 11.2. The molecule has 2 aromatic carbocycles. The summed E-state index contributed by atoms with van der Waals surface area (Å²) in [5.74, 6) is 2.39. The molecule has 1 fully saturated rings. The third-order valence-electron chi connectivity index (χ3n) is 5.98. The van der Waals surface area contributed by atoms with E-state index in [1.807, 2.05) is 0 Å². The highest BCUT2D eigenvalue weighted by atomic mass is 32.2. The van der Waals surface area contributed by atoms with Crippen LogP contribution in [0.4, 0.5) is 0 Å². The molecule has 1 aliphatic rings. The van der Waals surface area contributed by atoms with Gasteiger partial charge in [-0.25, -0.2) is 8.42 Å². The Morgan fingerprint density at radius 1 is 0.972 bits per heavy atom. The first-order chi connectivity index (χ1) is 17.4. The lowest BCUT2D eigenvalue weighted by molar-refractivity contribution is 0.0922. The van der Waals surface area contributed by atoms with Crippen LogP contribution in [-0.2, 0) is 21.3 Å². The molecule has 2 heterocycles. The van der Waals surface area contributed by atoms with Crippen LogP contribution in [0.5, 0.6) is 23.0 Å². The molecule has 1 saturated heterocycles. The average molecular weight is 519 g/mol. The first kappa shape index (κ1) is 25.8. The van der Waals surface area contributed by atoms with Gasteiger partial charge in [0.1, 0.15) is 5.75 Å². The molecule has 0 aliphatic carbocycles. The van der Waals surface area contributed by atoms with Gasteiger partial charge in [-0.1, -0.05) is 5.16 Å². The van der Waals surface area contributed by atoms with E-state index < -0.39 is 10.0 Å². The molecule has 0 bridgehead atoms. The van der Waals surface area contributed by atoms with Gasteiger partial charge in [-0.3, -0.25) is 0 Å². The van der Waals surface area contributed by atoms with Gasteiger partial charge < -0.3 is 28.2 Å². The monoisotopic (exact) mass is 518 g/mol. The number of aromatic nitrogens is 1. The Morgan fingerprint density at radius 2 is 1.67 bits per heavy atom. The van der Waals surface area contributed by atoms with E-state index in [1.165, 1.54) is 44.9 Å². The van der Waals surface area contributed by atoms with E-state index in [0.717, 1.165) is 12.8 Å². The molecule has 0 spiro atoms. The third kappa shape index (κ3) is 5.43. The number of hydrogen-bond donors (Lipinski definition) is 0. The molecule has 194 valence electrons. The molecule has 0 radical (unpaired) electrons. The fraction of sp³-hybridized carbons (Fsp3) is 0.400. The standard InChI is InChI=1S/C25H30N2O8S/c1-30-19-7-9-21(10-8-19)36(28,29)27(16-20-6-5-11-34-20)15-18-14-22(35-26-18)17-12-23(31-2)25(33-4)24(13-17)32-3/h7-10,12-14,20H,5-6,11,15-16H2,1-4H3/t20-/m0/s1. The van der Waals surface area contributed by atoms with E-state index >= 15 is 0 Å². The van der Waals surface area contributed by atoms with E-state index in [-0.39, 0.29) is 24.1 Å². The topological polar surface area (TPSA) is 110 Å². The molecule has 0 saturated carbocycles. The largest absolute Gasteiger partial charge is 0.497 e. The number of ether oxygens (including phenoxy) is 5. The number of nitrogens with zero attached hydrogens (tertiary/aromatic N) is 2. The lowest BCUT2D eigenvalue weighted by Crippen LogP contribution is -2.37. The van der Waals surface area contributed by atoms with Crippen LogP contribution in [0.25, 0.3) is 11.3 Å². The van der Waals surface area contributed by atoms with E-state index in [1.54, 1.807) is 30.3 Å². The van der Waals surface area contributed by atoms with Gasteiger partial charge >= 0.3 is 0 Å². The van der Waals surface area contributed by atoms with Crippen LogP contribution in [0.2, 0.25) is 0 Å². The van der Waals surface area contributed by atoms with Gasteiger partial charge in [-0.2, -0.15) is 4.31 Å². The van der Waals surface area contributed by atoms with E-state index in [9.17, 15) is 8.42 Å². The fourth-order valence-electron chi connectivity index (χ4n) is 4.09. The summed E-state index contributed by atoms with van der Waals surface area (Å²) in [7, 11) is 2.27. The Morgan fingerprint density at radius 3 is 2.22 bits per heavy atom. The zero-order valence-corrected chi connectivity index (χ0v) is 21.5. The summed E-state index contributed by atoms with van der Waals surface area (Å²) in [5, 5.41) is 4.14. The molecular weight excluding hydrogens is 488 g/mol. The summed E-state index contributed by atoms with van der Waals surface area (Å²) in [6, 6.07) is 11.5. The van der Waals surface area contributed by atoms with E-state index in [4.69, 9.17) is 28.2 Å². The Kier molecular flexibility index (Phi) is 8.02. The highest BCUT2D eigenvalue weighted by molar-refractivity contribution is 7.89. The predicted molar refractivity (Wildman–Crippen MR) is 131 cm³/mol. The van der Waals surface area contributed by atoms with Crippen molar-refractivity contribution in [3.63, 3.8) is 0 Å². The molecule has 3 aromatic rings. The van der Waals surface area contributed by atoms with Crippen molar-refractivity contribution in [2.75, 3.05) is 41.6 Å². The van der Waals surface area contributed by atoms with Crippen LogP contribution in [0.15, 0.2) is 51.9 Å². The summed E-state index contributed by atoms with van der Waals surface area (Å²) >= 11 is 0. The molecular formula is C25H30N2O8S. The van der Waals surface area contributed by atoms with Crippen molar-refractivity contribution in [3.05, 3.63) is 48.2 Å². The Hall–Kier alpha value is -3.28. The normalized spacial score (nSPS) is 15.8. The molecule has 11 heteroatoms. The minimum Gasteiger partial charge on any atom is -0.497 e. The van der Waals surface area contributed by atoms with Crippen molar-refractivity contribution in [2.45, 2.75) is 30.4 Å². The molecule has 10 nitrogen and oxygen atoms in total. The molecule has 1 aliphatic heterocycles. The number of benzene rings is 2. The number of sulfonamides is 1. The lowest BCUT2D eigenvalue weighted by Gasteiger charge is -2.24. The van der Waals surface area contributed by atoms with Crippen molar-refractivity contribution in [1.82, 2.24) is 9.46 Å². The van der Waals surface area contributed by atoms with Crippen molar-refractivity contribution in [3.8, 4) is 34.3 Å². The van der Waals surface area contributed by atoms with Gasteiger partial charge in [-0.15, -0.1) is 0 Å².